The van der Waals surface area contributed by atoms with Gasteiger partial charge in [0, 0.05) is 0 Å². The Labute approximate surface area is 56.1 Å². The monoisotopic (exact) mass is 124 g/mol. The maximum absolute atomic E-state index is 9.88. The molecule has 0 N–H and O–H groups in total. The fourth-order valence-electron chi connectivity index (χ4n) is 0.529. The third-order valence-electron chi connectivity index (χ3n) is 1.10. The van der Waals surface area contributed by atoms with Crippen LogP contribution in [0.2, 0.25) is 0 Å². The Morgan fingerprint density at radius 2 is 2.33 bits per heavy atom. The van der Waals surface area contributed by atoms with Crippen molar-refractivity contribution in [2.75, 3.05) is 0 Å². The van der Waals surface area contributed by atoms with Gasteiger partial charge in [-0.3, -0.25) is 4.79 Å². The average molecular weight is 124 g/mol. The third kappa shape index (κ3) is 5.01. The molecule has 0 amide bonds. The summed E-state index contributed by atoms with van der Waals surface area (Å²) in [6, 6.07) is 0. The summed E-state index contributed by atoms with van der Waals surface area (Å²) in [5.41, 5.74) is 1.12. The van der Waals surface area contributed by atoms with Gasteiger partial charge >= 0.3 is 0 Å². The molecule has 0 aliphatic heterocycles. The summed E-state index contributed by atoms with van der Waals surface area (Å²) in [6.07, 6.45) is 6.16. The SMILES string of the molecule is C=CCCC(C)=CC=O. The van der Waals surface area contributed by atoms with E-state index in [0.29, 0.717) is 0 Å². The molecule has 0 atom stereocenters. The van der Waals surface area contributed by atoms with Gasteiger partial charge in [0.05, 0.1) is 0 Å². The lowest BCUT2D eigenvalue weighted by Gasteiger charge is -1.91. The first-order chi connectivity index (χ1) is 4.31. The lowest BCUT2D eigenvalue weighted by Crippen LogP contribution is -1.75. The smallest absolute Gasteiger partial charge is 0.142 e. The van der Waals surface area contributed by atoms with Crippen molar-refractivity contribution in [2.24, 2.45) is 0 Å². The minimum atomic E-state index is 0.818. The van der Waals surface area contributed by atoms with Crippen molar-refractivity contribution in [3.8, 4) is 0 Å². The molecule has 0 spiro atoms. The molecule has 0 fully saturated rings. The zero-order valence-corrected chi connectivity index (χ0v) is 5.76. The fourth-order valence-corrected chi connectivity index (χ4v) is 0.529. The van der Waals surface area contributed by atoms with Gasteiger partial charge in [0.1, 0.15) is 6.29 Å². The van der Waals surface area contributed by atoms with E-state index in [9.17, 15) is 4.79 Å². The second-order valence-corrected chi connectivity index (χ2v) is 1.98. The third-order valence-corrected chi connectivity index (χ3v) is 1.10. The summed E-state index contributed by atoms with van der Waals surface area (Å²) in [5, 5.41) is 0. The fraction of sp³-hybridized carbons (Fsp3) is 0.375. The quantitative estimate of drug-likeness (QED) is 0.318. The van der Waals surface area contributed by atoms with Gasteiger partial charge in [0.25, 0.3) is 0 Å². The van der Waals surface area contributed by atoms with Crippen LogP contribution in [0.4, 0.5) is 0 Å². The molecular formula is C8H12O. The summed E-state index contributed by atoms with van der Waals surface area (Å²) in [4.78, 5) is 9.88. The Bertz CT molecular complexity index is 123. The standard InChI is InChI=1S/C8H12O/c1-3-4-5-8(2)6-7-9/h3,6-7H,1,4-5H2,2H3. The van der Waals surface area contributed by atoms with E-state index in [1.807, 2.05) is 13.0 Å². The predicted octanol–water partition coefficient (Wildman–Crippen LogP) is 2.10. The van der Waals surface area contributed by atoms with E-state index in [-0.39, 0.29) is 0 Å². The van der Waals surface area contributed by atoms with Crippen molar-refractivity contribution in [3.05, 3.63) is 24.3 Å². The van der Waals surface area contributed by atoms with Gasteiger partial charge in [-0.2, -0.15) is 0 Å². The van der Waals surface area contributed by atoms with Crippen molar-refractivity contribution in [1.82, 2.24) is 0 Å². The van der Waals surface area contributed by atoms with Crippen LogP contribution in [-0.2, 0) is 4.79 Å². The van der Waals surface area contributed by atoms with Crippen LogP contribution in [0.15, 0.2) is 24.3 Å². The van der Waals surface area contributed by atoms with E-state index in [0.717, 1.165) is 24.7 Å². The van der Waals surface area contributed by atoms with Gasteiger partial charge in [-0.15, -0.1) is 6.58 Å². The van der Waals surface area contributed by atoms with Gasteiger partial charge < -0.3 is 0 Å². The number of hydrogen-bond acceptors (Lipinski definition) is 1. The highest BCUT2D eigenvalue weighted by Gasteiger charge is 1.83. The molecule has 0 saturated heterocycles. The zero-order valence-electron chi connectivity index (χ0n) is 5.76. The molecule has 9 heavy (non-hydrogen) atoms. The van der Waals surface area contributed by atoms with Crippen molar-refractivity contribution < 1.29 is 4.79 Å². The first-order valence-corrected chi connectivity index (χ1v) is 3.03. The molecular weight excluding hydrogens is 112 g/mol. The summed E-state index contributed by atoms with van der Waals surface area (Å²) in [5.74, 6) is 0. The Morgan fingerprint density at radius 1 is 1.67 bits per heavy atom. The summed E-state index contributed by atoms with van der Waals surface area (Å²) < 4.78 is 0. The molecule has 1 heteroatoms. The van der Waals surface area contributed by atoms with Crippen LogP contribution in [0.5, 0.6) is 0 Å². The molecule has 0 aromatic carbocycles. The minimum Gasteiger partial charge on any atom is -0.299 e. The van der Waals surface area contributed by atoms with Crippen molar-refractivity contribution in [1.29, 1.82) is 0 Å². The first kappa shape index (κ1) is 8.15. The molecule has 0 radical (unpaired) electrons. The largest absolute Gasteiger partial charge is 0.299 e. The molecule has 0 aromatic rings. The number of carbonyl (C=O) groups is 1. The number of carbonyl (C=O) groups excluding carboxylic acids is 1. The normalized spacial score (nSPS) is 11.0. The van der Waals surface area contributed by atoms with Gasteiger partial charge in [-0.25, -0.2) is 0 Å². The van der Waals surface area contributed by atoms with Crippen LogP contribution < -0.4 is 0 Å². The molecule has 0 bridgehead atoms. The van der Waals surface area contributed by atoms with E-state index < -0.39 is 0 Å². The second kappa shape index (κ2) is 5.29. The topological polar surface area (TPSA) is 17.1 Å². The van der Waals surface area contributed by atoms with Crippen LogP contribution >= 0.6 is 0 Å². The highest BCUT2D eigenvalue weighted by atomic mass is 16.1. The number of hydrogen-bond donors (Lipinski definition) is 0. The molecule has 0 unspecified atom stereocenters. The lowest BCUT2D eigenvalue weighted by atomic mass is 10.1. The van der Waals surface area contributed by atoms with Crippen LogP contribution in [0.25, 0.3) is 0 Å². The Balaban J connectivity index is 3.47. The maximum Gasteiger partial charge on any atom is 0.142 e. The van der Waals surface area contributed by atoms with E-state index in [1.165, 1.54) is 0 Å². The van der Waals surface area contributed by atoms with Crippen LogP contribution in [-0.4, -0.2) is 6.29 Å². The molecule has 0 rings (SSSR count). The Kier molecular flexibility index (Phi) is 4.79. The average Bonchev–Trinajstić information content (AvgIpc) is 1.85. The zero-order chi connectivity index (χ0) is 7.11. The van der Waals surface area contributed by atoms with Gasteiger partial charge in [0.2, 0.25) is 0 Å². The van der Waals surface area contributed by atoms with Crippen molar-refractivity contribution in [2.45, 2.75) is 19.8 Å². The Hall–Kier alpha value is -0.850. The van der Waals surface area contributed by atoms with Crippen molar-refractivity contribution in [3.63, 3.8) is 0 Å². The van der Waals surface area contributed by atoms with Crippen LogP contribution in [0.3, 0.4) is 0 Å². The number of rotatable bonds is 4. The highest BCUT2D eigenvalue weighted by molar-refractivity contribution is 5.65. The molecule has 0 aromatic heterocycles. The molecule has 0 aliphatic carbocycles. The van der Waals surface area contributed by atoms with Crippen LogP contribution in [0, 0.1) is 0 Å². The maximum atomic E-state index is 9.88. The van der Waals surface area contributed by atoms with E-state index >= 15 is 0 Å². The summed E-state index contributed by atoms with van der Waals surface area (Å²) in [6.45, 7) is 5.52. The molecule has 50 valence electrons. The Morgan fingerprint density at radius 3 is 2.78 bits per heavy atom. The molecule has 0 saturated carbocycles. The van der Waals surface area contributed by atoms with E-state index in [1.54, 1.807) is 6.08 Å². The first-order valence-electron chi connectivity index (χ1n) is 3.03. The molecule has 0 heterocycles. The molecule has 1 nitrogen and oxygen atoms in total. The van der Waals surface area contributed by atoms with E-state index in [4.69, 9.17) is 0 Å². The predicted molar refractivity (Wildman–Crippen MR) is 39.3 cm³/mol. The van der Waals surface area contributed by atoms with E-state index in [2.05, 4.69) is 6.58 Å². The number of allylic oxidation sites excluding steroid dienone is 3. The highest BCUT2D eigenvalue weighted by Crippen LogP contribution is 2.01. The lowest BCUT2D eigenvalue weighted by molar-refractivity contribution is -0.104. The summed E-state index contributed by atoms with van der Waals surface area (Å²) >= 11 is 0. The number of aldehydes is 1. The van der Waals surface area contributed by atoms with Gasteiger partial charge in [-0.1, -0.05) is 11.6 Å². The van der Waals surface area contributed by atoms with Gasteiger partial charge in [-0.05, 0) is 25.8 Å². The second-order valence-electron chi connectivity index (χ2n) is 1.98. The molecule has 0 aliphatic rings. The van der Waals surface area contributed by atoms with Crippen molar-refractivity contribution >= 4 is 6.29 Å². The summed E-state index contributed by atoms with van der Waals surface area (Å²) in [7, 11) is 0. The van der Waals surface area contributed by atoms with Crippen LogP contribution in [0.1, 0.15) is 19.8 Å². The van der Waals surface area contributed by atoms with Gasteiger partial charge in [0.15, 0.2) is 0 Å². The minimum absolute atomic E-state index is 0.818.